The Kier molecular flexibility index (Phi) is 11.5. The smallest absolute Gasteiger partial charge is 0.407 e. The highest BCUT2D eigenvalue weighted by Crippen LogP contribution is 2.58. The summed E-state index contributed by atoms with van der Waals surface area (Å²) in [5.41, 5.74) is 7.52. The van der Waals surface area contributed by atoms with E-state index in [4.69, 9.17) is 24.2 Å². The normalized spacial score (nSPS) is 24.3. The maximum Gasteiger partial charge on any atom is 0.407 e. The minimum atomic E-state index is -0.681. The van der Waals surface area contributed by atoms with Crippen molar-refractivity contribution < 1.29 is 33.4 Å². The number of benzene rings is 3. The fourth-order valence-corrected chi connectivity index (χ4v) is 11.4. The zero-order valence-electron chi connectivity index (χ0n) is 37.7. The second-order valence-corrected chi connectivity index (χ2v) is 19.5. The summed E-state index contributed by atoms with van der Waals surface area (Å²) < 4.78 is 15.4. The predicted octanol–water partition coefficient (Wildman–Crippen LogP) is 8.05. The molecule has 3 saturated heterocycles. The van der Waals surface area contributed by atoms with Crippen molar-refractivity contribution in [3.63, 3.8) is 0 Å². The molecular weight excluding hydrogens is 823 g/mol. The highest BCUT2D eigenvalue weighted by atomic mass is 16.5. The molecule has 5 heterocycles. The number of alkyl carbamates (subject to hydrolysis) is 2. The van der Waals surface area contributed by atoms with Gasteiger partial charge in [0, 0.05) is 49.7 Å². The number of amides is 4. The molecule has 0 unspecified atom stereocenters. The number of H-pyrrole nitrogens is 1. The van der Waals surface area contributed by atoms with Gasteiger partial charge in [0.25, 0.3) is 0 Å². The fourth-order valence-electron chi connectivity index (χ4n) is 11.4. The molecule has 14 nitrogen and oxygen atoms in total. The van der Waals surface area contributed by atoms with Crippen LogP contribution in [-0.2, 0) is 23.8 Å². The fraction of sp³-hybridized carbons (Fsp3) is 0.490. The lowest BCUT2D eigenvalue weighted by atomic mass is 9.89. The van der Waals surface area contributed by atoms with Crippen LogP contribution in [0.5, 0.6) is 0 Å². The second-order valence-electron chi connectivity index (χ2n) is 19.5. The van der Waals surface area contributed by atoms with E-state index >= 15 is 0 Å². The number of likely N-dealkylation sites (tertiary alicyclic amines) is 2. The van der Waals surface area contributed by atoms with E-state index in [9.17, 15) is 19.2 Å². The van der Waals surface area contributed by atoms with Crippen molar-refractivity contribution in [2.45, 2.75) is 102 Å². The maximum atomic E-state index is 14.3. The van der Waals surface area contributed by atoms with Crippen molar-refractivity contribution in [3.05, 3.63) is 84.4 Å². The van der Waals surface area contributed by atoms with Crippen molar-refractivity contribution in [2.24, 2.45) is 28.2 Å². The molecule has 14 heteroatoms. The Balaban J connectivity index is 0.810. The van der Waals surface area contributed by atoms with Gasteiger partial charge in [-0.3, -0.25) is 14.6 Å². The number of aromatic nitrogens is 2. The van der Waals surface area contributed by atoms with E-state index in [0.717, 1.165) is 94.4 Å². The molecule has 2 aliphatic carbocycles. The van der Waals surface area contributed by atoms with Crippen molar-refractivity contribution >= 4 is 46.1 Å². The summed E-state index contributed by atoms with van der Waals surface area (Å²) in [7, 11) is 2.65. The molecule has 2 saturated carbocycles. The first-order valence-electron chi connectivity index (χ1n) is 23.4. The molecule has 0 radical (unpaired) electrons. The SMILES string of the molecule is COC(=O)N[C@H](C(=O)N1[C@@H]2CC[C@@H](C2)[C@H]1C1=NC=C(c2ccc(-c3ccc4cc(-c5cnc([C@@H]6CC7(CC7)CN6C(=O)[C@@H](NC(=O)OC)C6CCOCC6)[nH]5)ccc4c3)cc2)C1)C(C)C. The van der Waals surface area contributed by atoms with Crippen LogP contribution in [0.1, 0.15) is 89.1 Å². The Morgan fingerprint density at radius 1 is 0.831 bits per heavy atom. The third-order valence-electron chi connectivity index (χ3n) is 15.2. The van der Waals surface area contributed by atoms with Gasteiger partial charge in [0.05, 0.1) is 38.2 Å². The molecule has 10 rings (SSSR count). The van der Waals surface area contributed by atoms with E-state index in [1.54, 1.807) is 0 Å². The molecule has 3 N–H and O–H groups in total. The van der Waals surface area contributed by atoms with Crippen LogP contribution in [0.4, 0.5) is 9.59 Å². The zero-order chi connectivity index (χ0) is 45.0. The van der Waals surface area contributed by atoms with Crippen LogP contribution in [0, 0.1) is 23.2 Å². The number of piperidine rings is 1. The van der Waals surface area contributed by atoms with Crippen LogP contribution < -0.4 is 10.6 Å². The minimum absolute atomic E-state index is 0.0248. The van der Waals surface area contributed by atoms with Crippen molar-refractivity contribution in [2.75, 3.05) is 34.0 Å². The molecule has 1 aromatic heterocycles. The molecule has 6 atom stereocenters. The van der Waals surface area contributed by atoms with E-state index in [1.165, 1.54) is 14.2 Å². The Morgan fingerprint density at radius 3 is 2.22 bits per heavy atom. The highest BCUT2D eigenvalue weighted by molar-refractivity contribution is 6.04. The summed E-state index contributed by atoms with van der Waals surface area (Å²) in [5.74, 6) is 0.904. The average molecular weight is 882 g/mol. The van der Waals surface area contributed by atoms with Crippen molar-refractivity contribution in [3.8, 4) is 22.4 Å². The number of aromatic amines is 1. The van der Waals surface area contributed by atoms with Gasteiger partial charge in [-0.1, -0.05) is 62.4 Å². The molecule has 4 aliphatic heterocycles. The summed E-state index contributed by atoms with van der Waals surface area (Å²) in [5, 5.41) is 7.89. The van der Waals surface area contributed by atoms with Gasteiger partial charge < -0.3 is 39.6 Å². The zero-order valence-corrected chi connectivity index (χ0v) is 37.7. The molecule has 4 aromatic rings. The largest absolute Gasteiger partial charge is 0.453 e. The number of aliphatic imine (C=N–C) groups is 1. The Morgan fingerprint density at radius 2 is 1.51 bits per heavy atom. The molecule has 1 spiro atoms. The van der Waals surface area contributed by atoms with Crippen LogP contribution >= 0.6 is 0 Å². The molecule has 5 fully saturated rings. The summed E-state index contributed by atoms with van der Waals surface area (Å²) in [4.78, 5) is 70.3. The molecule has 340 valence electrons. The van der Waals surface area contributed by atoms with Gasteiger partial charge in [-0.05, 0) is 120 Å². The van der Waals surface area contributed by atoms with E-state index in [2.05, 4.69) is 76.3 Å². The lowest BCUT2D eigenvalue weighted by Crippen LogP contribution is -2.57. The molecule has 6 aliphatic rings. The average Bonchev–Trinajstić information content (AvgIpc) is 3.97. The number of hydrogen-bond acceptors (Lipinski definition) is 9. The van der Waals surface area contributed by atoms with Gasteiger partial charge in [0.2, 0.25) is 11.8 Å². The number of imidazole rings is 1. The topological polar surface area (TPSA) is 168 Å². The van der Waals surface area contributed by atoms with Gasteiger partial charge in [0.15, 0.2) is 0 Å². The summed E-state index contributed by atoms with van der Waals surface area (Å²) in [6.07, 6.45) is 10.8. The standard InChI is InChI=1S/C51H59N7O7/c1-29(2)43(55-49(61)63-3)48(60)58-39-14-13-37(23-39)45(58)40-24-38(26-52-40)31-7-5-30(6-8-31)33-9-10-35-22-36(12-11-34(35)21-33)41-27-53-46(54-41)42-25-51(17-18-51)28-57(42)47(59)44(56-50(62)64-4)32-15-19-65-20-16-32/h5-12,21-22,26-27,29,32,37,39,42-45H,13-20,23-25,28H2,1-4H3,(H,53,54)(H,55,61)(H,56,62)/t37-,39+,42-,43-,44-,45-/m0/s1. The van der Waals surface area contributed by atoms with Crippen molar-refractivity contribution in [1.82, 2.24) is 30.4 Å². The van der Waals surface area contributed by atoms with Gasteiger partial charge in [-0.25, -0.2) is 14.6 Å². The van der Waals surface area contributed by atoms with E-state index in [-0.39, 0.29) is 47.2 Å². The number of methoxy groups -OCH3 is 2. The third-order valence-corrected chi connectivity index (χ3v) is 15.2. The molecule has 2 bridgehead atoms. The highest BCUT2D eigenvalue weighted by Gasteiger charge is 2.56. The first-order chi connectivity index (χ1) is 31.5. The van der Waals surface area contributed by atoms with Crippen LogP contribution in [0.25, 0.3) is 38.7 Å². The first-order valence-corrected chi connectivity index (χ1v) is 23.4. The summed E-state index contributed by atoms with van der Waals surface area (Å²) in [6, 6.07) is 20.2. The molecule has 3 aromatic carbocycles. The minimum Gasteiger partial charge on any atom is -0.453 e. The number of hydrogen-bond donors (Lipinski definition) is 3. The Hall–Kier alpha value is -6.02. The first kappa shape index (κ1) is 42.9. The van der Waals surface area contributed by atoms with E-state index < -0.39 is 24.3 Å². The van der Waals surface area contributed by atoms with Gasteiger partial charge in [-0.2, -0.15) is 0 Å². The van der Waals surface area contributed by atoms with E-state index in [0.29, 0.717) is 44.9 Å². The quantitative estimate of drug-likeness (QED) is 0.136. The second kappa shape index (κ2) is 17.4. The molecular formula is C51H59N7O7. The number of nitrogens with one attached hydrogen (secondary N) is 3. The van der Waals surface area contributed by atoms with E-state index in [1.807, 2.05) is 36.0 Å². The number of carbonyl (C=O) groups is 4. The Bertz CT molecular complexity index is 2560. The van der Waals surface area contributed by atoms with Gasteiger partial charge >= 0.3 is 12.2 Å². The lowest BCUT2D eigenvalue weighted by Gasteiger charge is -2.38. The molecule has 65 heavy (non-hydrogen) atoms. The predicted molar refractivity (Wildman–Crippen MR) is 247 cm³/mol. The number of allylic oxidation sites excluding steroid dienone is 1. The number of carbonyl (C=O) groups excluding carboxylic acids is 4. The van der Waals surface area contributed by atoms with Crippen LogP contribution in [0.2, 0.25) is 0 Å². The summed E-state index contributed by atoms with van der Waals surface area (Å²) in [6.45, 7) is 5.69. The van der Waals surface area contributed by atoms with Crippen LogP contribution in [-0.4, -0.2) is 108 Å². The van der Waals surface area contributed by atoms with Crippen molar-refractivity contribution in [1.29, 1.82) is 0 Å². The van der Waals surface area contributed by atoms with Gasteiger partial charge in [0.1, 0.15) is 17.9 Å². The van der Waals surface area contributed by atoms with Crippen LogP contribution in [0.3, 0.4) is 0 Å². The number of rotatable bonds is 11. The Labute approximate surface area is 379 Å². The summed E-state index contributed by atoms with van der Waals surface area (Å²) >= 11 is 0. The van der Waals surface area contributed by atoms with Gasteiger partial charge in [-0.15, -0.1) is 0 Å². The van der Waals surface area contributed by atoms with Crippen LogP contribution in [0.15, 0.2) is 78.1 Å². The third kappa shape index (κ3) is 8.30. The maximum absolute atomic E-state index is 14.3. The monoisotopic (exact) mass is 881 g/mol. The number of nitrogens with zero attached hydrogens (tertiary/aromatic N) is 4. The molecule has 4 amide bonds. The lowest BCUT2D eigenvalue weighted by molar-refractivity contribution is -0.138. The number of fused-ring (bicyclic) bond motifs is 3. The number of ether oxygens (including phenoxy) is 3.